The van der Waals surface area contributed by atoms with Gasteiger partial charge in [0.05, 0.1) is 17.9 Å². The molecule has 4 nitrogen and oxygen atoms in total. The number of nitrogens with zero attached hydrogens (tertiary/aromatic N) is 1. The van der Waals surface area contributed by atoms with Crippen LogP contribution in [0.3, 0.4) is 0 Å². The van der Waals surface area contributed by atoms with E-state index in [0.717, 1.165) is 43.1 Å². The highest BCUT2D eigenvalue weighted by Gasteiger charge is 2.16. The average Bonchev–Trinajstić information content (AvgIpc) is 2.71. The summed E-state index contributed by atoms with van der Waals surface area (Å²) in [6.45, 7) is 2.41. The van der Waals surface area contributed by atoms with Gasteiger partial charge in [0.25, 0.3) is 0 Å². The first-order valence-corrected chi connectivity index (χ1v) is 7.03. The van der Waals surface area contributed by atoms with Crippen molar-refractivity contribution in [1.29, 1.82) is 0 Å². The van der Waals surface area contributed by atoms with Crippen molar-refractivity contribution >= 4 is 11.7 Å². The van der Waals surface area contributed by atoms with Crippen molar-refractivity contribution in [3.8, 4) is 5.75 Å². The molecule has 0 unspecified atom stereocenters. The smallest absolute Gasteiger partial charge is 0.335 e. The molecule has 4 heteroatoms. The number of carboxylic acid groups (broad SMARTS) is 1. The highest BCUT2D eigenvalue weighted by Crippen LogP contribution is 2.31. The van der Waals surface area contributed by atoms with Gasteiger partial charge in [-0.15, -0.1) is 0 Å². The van der Waals surface area contributed by atoms with E-state index >= 15 is 0 Å². The van der Waals surface area contributed by atoms with E-state index in [0.29, 0.717) is 5.56 Å². The quantitative estimate of drug-likeness (QED) is 0.940. The number of aromatic carboxylic acids is 1. The molecule has 0 fully saturated rings. The minimum absolute atomic E-state index is 0.318. The van der Waals surface area contributed by atoms with Crippen molar-refractivity contribution in [2.45, 2.75) is 13.0 Å². The standard InChI is InChI=1S/C17H17NO3/c19-17(20)14-8-6-13(7-9-14)12-18-10-3-11-21-16-5-2-1-4-15(16)18/h1-2,4-9H,3,10-12H2,(H,19,20). The molecule has 0 atom stereocenters. The van der Waals surface area contributed by atoms with Crippen LogP contribution in [0.1, 0.15) is 22.3 Å². The molecule has 3 rings (SSSR count). The van der Waals surface area contributed by atoms with E-state index in [4.69, 9.17) is 9.84 Å². The van der Waals surface area contributed by atoms with Gasteiger partial charge in [-0.25, -0.2) is 4.79 Å². The number of para-hydroxylation sites is 2. The van der Waals surface area contributed by atoms with Gasteiger partial charge in [0, 0.05) is 13.1 Å². The van der Waals surface area contributed by atoms with Crippen LogP contribution in [-0.4, -0.2) is 24.2 Å². The SMILES string of the molecule is O=C(O)c1ccc(CN2CCCOc3ccccc32)cc1. The number of anilines is 1. The molecule has 1 N–H and O–H groups in total. The van der Waals surface area contributed by atoms with Crippen LogP contribution in [0.4, 0.5) is 5.69 Å². The summed E-state index contributed by atoms with van der Waals surface area (Å²) in [5.74, 6) is 0.0206. The molecule has 0 amide bonds. The molecule has 0 saturated carbocycles. The normalized spacial score (nSPS) is 14.0. The zero-order chi connectivity index (χ0) is 14.7. The van der Waals surface area contributed by atoms with E-state index < -0.39 is 5.97 Å². The fourth-order valence-corrected chi connectivity index (χ4v) is 2.54. The van der Waals surface area contributed by atoms with E-state index in [9.17, 15) is 4.79 Å². The third kappa shape index (κ3) is 2.99. The van der Waals surface area contributed by atoms with E-state index in [2.05, 4.69) is 11.0 Å². The highest BCUT2D eigenvalue weighted by molar-refractivity contribution is 5.87. The summed E-state index contributed by atoms with van der Waals surface area (Å²) in [6.07, 6.45) is 0.974. The number of carbonyl (C=O) groups is 1. The molecule has 0 aliphatic carbocycles. The summed E-state index contributed by atoms with van der Waals surface area (Å²) in [6, 6.07) is 15.1. The highest BCUT2D eigenvalue weighted by atomic mass is 16.5. The molecule has 1 aliphatic rings. The predicted molar refractivity (Wildman–Crippen MR) is 81.0 cm³/mol. The zero-order valence-electron chi connectivity index (χ0n) is 11.7. The summed E-state index contributed by atoms with van der Waals surface area (Å²) in [4.78, 5) is 13.2. The minimum atomic E-state index is -0.893. The van der Waals surface area contributed by atoms with Gasteiger partial charge in [-0.1, -0.05) is 24.3 Å². The predicted octanol–water partition coefficient (Wildman–Crippen LogP) is 3.17. The van der Waals surface area contributed by atoms with E-state index in [1.54, 1.807) is 12.1 Å². The molecule has 1 heterocycles. The molecule has 2 aromatic carbocycles. The Bertz CT molecular complexity index is 637. The monoisotopic (exact) mass is 283 g/mol. The second kappa shape index (κ2) is 5.87. The zero-order valence-corrected chi connectivity index (χ0v) is 11.7. The fraction of sp³-hybridized carbons (Fsp3) is 0.235. The second-order valence-electron chi connectivity index (χ2n) is 5.09. The maximum absolute atomic E-state index is 10.9. The molecule has 0 bridgehead atoms. The molecule has 2 aromatic rings. The number of benzene rings is 2. The third-order valence-electron chi connectivity index (χ3n) is 3.61. The van der Waals surface area contributed by atoms with Gasteiger partial charge in [0.15, 0.2) is 0 Å². The van der Waals surface area contributed by atoms with Gasteiger partial charge in [-0.2, -0.15) is 0 Å². The Kier molecular flexibility index (Phi) is 3.77. The van der Waals surface area contributed by atoms with Gasteiger partial charge in [0.1, 0.15) is 5.75 Å². The number of fused-ring (bicyclic) bond motifs is 1. The Morgan fingerprint density at radius 3 is 2.67 bits per heavy atom. The van der Waals surface area contributed by atoms with Gasteiger partial charge in [-0.05, 0) is 36.2 Å². The largest absolute Gasteiger partial charge is 0.491 e. The first-order valence-electron chi connectivity index (χ1n) is 7.03. The average molecular weight is 283 g/mol. The lowest BCUT2D eigenvalue weighted by molar-refractivity contribution is 0.0697. The van der Waals surface area contributed by atoms with Crippen LogP contribution < -0.4 is 9.64 Å². The Labute approximate surface area is 123 Å². The van der Waals surface area contributed by atoms with Crippen LogP contribution >= 0.6 is 0 Å². The van der Waals surface area contributed by atoms with Crippen LogP contribution in [0.5, 0.6) is 5.75 Å². The molecule has 0 radical (unpaired) electrons. The van der Waals surface area contributed by atoms with Gasteiger partial charge in [0.2, 0.25) is 0 Å². The van der Waals surface area contributed by atoms with Crippen LogP contribution in [0.15, 0.2) is 48.5 Å². The first-order chi connectivity index (χ1) is 10.2. The number of carboxylic acids is 1. The molecule has 0 saturated heterocycles. The lowest BCUT2D eigenvalue weighted by atomic mass is 10.1. The van der Waals surface area contributed by atoms with Crippen molar-refractivity contribution in [3.63, 3.8) is 0 Å². The third-order valence-corrected chi connectivity index (χ3v) is 3.61. The van der Waals surface area contributed by atoms with Crippen LogP contribution in [0.25, 0.3) is 0 Å². The molecular formula is C17H17NO3. The van der Waals surface area contributed by atoms with E-state index in [-0.39, 0.29) is 0 Å². The van der Waals surface area contributed by atoms with Crippen LogP contribution in [-0.2, 0) is 6.54 Å². The summed E-state index contributed by atoms with van der Waals surface area (Å²) >= 11 is 0. The summed E-state index contributed by atoms with van der Waals surface area (Å²) < 4.78 is 5.75. The molecule has 108 valence electrons. The maximum Gasteiger partial charge on any atom is 0.335 e. The van der Waals surface area contributed by atoms with Crippen molar-refractivity contribution in [2.24, 2.45) is 0 Å². The van der Waals surface area contributed by atoms with Crippen molar-refractivity contribution in [3.05, 3.63) is 59.7 Å². The van der Waals surface area contributed by atoms with Crippen molar-refractivity contribution in [2.75, 3.05) is 18.1 Å². The van der Waals surface area contributed by atoms with Crippen LogP contribution in [0.2, 0.25) is 0 Å². The van der Waals surface area contributed by atoms with Crippen LogP contribution in [0, 0.1) is 0 Å². The summed E-state index contributed by atoms with van der Waals surface area (Å²) in [5.41, 5.74) is 2.51. The second-order valence-corrected chi connectivity index (χ2v) is 5.09. The number of rotatable bonds is 3. The number of ether oxygens (including phenoxy) is 1. The molecular weight excluding hydrogens is 266 g/mol. The Morgan fingerprint density at radius 1 is 1.14 bits per heavy atom. The first kappa shape index (κ1) is 13.5. The molecule has 1 aliphatic heterocycles. The minimum Gasteiger partial charge on any atom is -0.491 e. The molecule has 0 aromatic heterocycles. The molecule has 21 heavy (non-hydrogen) atoms. The number of hydrogen-bond acceptors (Lipinski definition) is 3. The maximum atomic E-state index is 10.9. The lowest BCUT2D eigenvalue weighted by Crippen LogP contribution is -2.23. The Balaban J connectivity index is 1.82. The van der Waals surface area contributed by atoms with Gasteiger partial charge >= 0.3 is 5.97 Å². The fourth-order valence-electron chi connectivity index (χ4n) is 2.54. The summed E-state index contributed by atoms with van der Waals surface area (Å²) in [5, 5.41) is 8.94. The summed E-state index contributed by atoms with van der Waals surface area (Å²) in [7, 11) is 0. The lowest BCUT2D eigenvalue weighted by Gasteiger charge is -2.23. The number of hydrogen-bond donors (Lipinski definition) is 1. The van der Waals surface area contributed by atoms with Gasteiger partial charge in [-0.3, -0.25) is 0 Å². The van der Waals surface area contributed by atoms with Crippen molar-refractivity contribution in [1.82, 2.24) is 0 Å². The molecule has 0 spiro atoms. The Morgan fingerprint density at radius 2 is 1.90 bits per heavy atom. The Hall–Kier alpha value is -2.49. The van der Waals surface area contributed by atoms with E-state index in [1.807, 2.05) is 30.3 Å². The topological polar surface area (TPSA) is 49.8 Å². The van der Waals surface area contributed by atoms with E-state index in [1.165, 1.54) is 0 Å². The van der Waals surface area contributed by atoms with Gasteiger partial charge < -0.3 is 14.7 Å². The van der Waals surface area contributed by atoms with Crippen molar-refractivity contribution < 1.29 is 14.6 Å².